The van der Waals surface area contributed by atoms with Gasteiger partial charge in [-0.3, -0.25) is 4.98 Å². The zero-order valence-corrected chi connectivity index (χ0v) is 9.91. The number of pyridine rings is 1. The lowest BCUT2D eigenvalue weighted by Gasteiger charge is -2.34. The van der Waals surface area contributed by atoms with Gasteiger partial charge in [0, 0.05) is 24.0 Å². The zero-order chi connectivity index (χ0) is 11.8. The minimum atomic E-state index is -0.883. The summed E-state index contributed by atoms with van der Waals surface area (Å²) in [4.78, 5) is 3.89. The molecule has 4 N–H and O–H groups in total. The van der Waals surface area contributed by atoms with Crippen molar-refractivity contribution >= 4 is 23.2 Å². The quantitative estimate of drug-likeness (QED) is 0.807. The molecule has 16 heavy (non-hydrogen) atoms. The second kappa shape index (κ2) is 4.18. The summed E-state index contributed by atoms with van der Waals surface area (Å²) in [6, 6.07) is -0.366. The average Bonchev–Trinajstić information content (AvgIpc) is 2.22. The van der Waals surface area contributed by atoms with Crippen LogP contribution in [-0.2, 0) is 5.54 Å². The number of nitrogens with two attached hydrogens (primary N) is 2. The number of hydrogen-bond acceptors (Lipinski definition) is 3. The molecule has 1 aliphatic carbocycles. The van der Waals surface area contributed by atoms with Crippen LogP contribution in [0.4, 0.5) is 0 Å². The van der Waals surface area contributed by atoms with Crippen LogP contribution in [0.2, 0.25) is 10.0 Å². The van der Waals surface area contributed by atoms with Gasteiger partial charge in [0.15, 0.2) is 0 Å². The molecule has 2 unspecified atom stereocenters. The first-order valence-electron chi connectivity index (χ1n) is 4.75. The third-order valence-electron chi connectivity index (χ3n) is 2.64. The monoisotopic (exact) mass is 255 g/mol. The van der Waals surface area contributed by atoms with Crippen LogP contribution >= 0.6 is 23.2 Å². The van der Waals surface area contributed by atoms with E-state index in [1.165, 1.54) is 12.4 Å². The van der Waals surface area contributed by atoms with E-state index in [1.807, 2.05) is 18.2 Å². The molecule has 2 rings (SSSR count). The molecule has 0 saturated heterocycles. The van der Waals surface area contributed by atoms with E-state index in [-0.39, 0.29) is 6.04 Å². The molecular formula is C11H11Cl2N3. The first-order valence-corrected chi connectivity index (χ1v) is 5.51. The van der Waals surface area contributed by atoms with Gasteiger partial charge in [0.25, 0.3) is 0 Å². The van der Waals surface area contributed by atoms with E-state index in [2.05, 4.69) is 4.98 Å². The molecular weight excluding hydrogens is 245 g/mol. The van der Waals surface area contributed by atoms with E-state index in [9.17, 15) is 0 Å². The normalized spacial score (nSPS) is 28.4. The first-order chi connectivity index (χ1) is 7.55. The molecule has 84 valence electrons. The van der Waals surface area contributed by atoms with Crippen molar-refractivity contribution in [3.8, 4) is 0 Å². The molecule has 0 aromatic carbocycles. The van der Waals surface area contributed by atoms with Crippen LogP contribution in [0.5, 0.6) is 0 Å². The summed E-state index contributed by atoms with van der Waals surface area (Å²) >= 11 is 12.2. The Hall–Kier alpha value is -0.870. The number of halogens is 2. The van der Waals surface area contributed by atoms with Crippen LogP contribution in [0.1, 0.15) is 5.56 Å². The predicted octanol–water partition coefficient (Wildman–Crippen LogP) is 2.00. The summed E-state index contributed by atoms with van der Waals surface area (Å²) in [6.45, 7) is 0. The van der Waals surface area contributed by atoms with Crippen LogP contribution in [0.25, 0.3) is 0 Å². The maximum atomic E-state index is 6.27. The molecule has 0 amide bonds. The molecule has 2 atom stereocenters. The molecule has 1 heterocycles. The van der Waals surface area contributed by atoms with Crippen LogP contribution < -0.4 is 11.5 Å². The predicted molar refractivity (Wildman–Crippen MR) is 66.4 cm³/mol. The van der Waals surface area contributed by atoms with E-state index in [0.29, 0.717) is 15.6 Å². The Bertz CT molecular complexity index is 450. The molecule has 1 aromatic rings. The summed E-state index contributed by atoms with van der Waals surface area (Å²) in [6.07, 6.45) is 10.3. The number of allylic oxidation sites excluding steroid dienone is 2. The van der Waals surface area contributed by atoms with Crippen LogP contribution in [0.3, 0.4) is 0 Å². The Kier molecular flexibility index (Phi) is 3.04. The molecule has 0 bridgehead atoms. The molecule has 0 aliphatic heterocycles. The molecule has 0 saturated carbocycles. The maximum absolute atomic E-state index is 6.27. The fourth-order valence-corrected chi connectivity index (χ4v) is 2.44. The van der Waals surface area contributed by atoms with Crippen molar-refractivity contribution in [2.75, 3.05) is 0 Å². The lowest BCUT2D eigenvalue weighted by atomic mass is 9.81. The molecule has 0 radical (unpaired) electrons. The summed E-state index contributed by atoms with van der Waals surface area (Å²) < 4.78 is 0. The van der Waals surface area contributed by atoms with Crippen LogP contribution in [-0.4, -0.2) is 11.0 Å². The zero-order valence-electron chi connectivity index (χ0n) is 8.40. The molecule has 5 heteroatoms. The molecule has 1 aromatic heterocycles. The largest absolute Gasteiger partial charge is 0.322 e. The van der Waals surface area contributed by atoms with E-state index in [0.717, 1.165) is 0 Å². The molecule has 0 spiro atoms. The minimum absolute atomic E-state index is 0.366. The third kappa shape index (κ3) is 1.76. The number of aromatic nitrogens is 1. The topological polar surface area (TPSA) is 64.9 Å². The maximum Gasteiger partial charge on any atom is 0.0818 e. The van der Waals surface area contributed by atoms with Crippen molar-refractivity contribution in [2.45, 2.75) is 11.6 Å². The highest BCUT2D eigenvalue weighted by molar-refractivity contribution is 6.36. The minimum Gasteiger partial charge on any atom is -0.322 e. The van der Waals surface area contributed by atoms with Gasteiger partial charge in [-0.25, -0.2) is 0 Å². The highest BCUT2D eigenvalue weighted by atomic mass is 35.5. The van der Waals surface area contributed by atoms with E-state index >= 15 is 0 Å². The standard InChI is InChI=1S/C11H11Cl2N3/c12-7-5-16-6-8(13)10(7)11(15)4-2-1-3-9(11)14/h1-6,9H,14-15H2. The Balaban J connectivity index is 2.59. The van der Waals surface area contributed by atoms with Gasteiger partial charge in [0.1, 0.15) is 0 Å². The lowest BCUT2D eigenvalue weighted by Crippen LogP contribution is -2.51. The average molecular weight is 256 g/mol. The summed E-state index contributed by atoms with van der Waals surface area (Å²) in [5.74, 6) is 0. The van der Waals surface area contributed by atoms with Gasteiger partial charge in [-0.2, -0.15) is 0 Å². The summed E-state index contributed by atoms with van der Waals surface area (Å²) in [5, 5.41) is 0.843. The lowest BCUT2D eigenvalue weighted by molar-refractivity contribution is 0.492. The van der Waals surface area contributed by atoms with Crippen molar-refractivity contribution in [2.24, 2.45) is 11.5 Å². The van der Waals surface area contributed by atoms with Crippen LogP contribution in [0.15, 0.2) is 36.7 Å². The second-order valence-corrected chi connectivity index (χ2v) is 4.50. The van der Waals surface area contributed by atoms with E-state index in [1.54, 1.807) is 6.08 Å². The molecule has 0 fully saturated rings. The van der Waals surface area contributed by atoms with Gasteiger partial charge in [-0.15, -0.1) is 0 Å². The Morgan fingerprint density at radius 1 is 1.19 bits per heavy atom. The van der Waals surface area contributed by atoms with Gasteiger partial charge < -0.3 is 11.5 Å². The van der Waals surface area contributed by atoms with Crippen molar-refractivity contribution in [1.29, 1.82) is 0 Å². The number of hydrogen-bond donors (Lipinski definition) is 2. The fourth-order valence-electron chi connectivity index (χ4n) is 1.74. The van der Waals surface area contributed by atoms with Crippen molar-refractivity contribution in [3.05, 3.63) is 52.3 Å². The van der Waals surface area contributed by atoms with Gasteiger partial charge >= 0.3 is 0 Å². The van der Waals surface area contributed by atoms with Gasteiger partial charge in [-0.05, 0) is 0 Å². The summed E-state index contributed by atoms with van der Waals surface area (Å²) in [5.41, 5.74) is 12.0. The second-order valence-electron chi connectivity index (χ2n) is 3.68. The third-order valence-corrected chi connectivity index (χ3v) is 3.21. The fraction of sp³-hybridized carbons (Fsp3) is 0.182. The van der Waals surface area contributed by atoms with Gasteiger partial charge in [0.05, 0.1) is 15.6 Å². The Labute approximate surface area is 104 Å². The first kappa shape index (κ1) is 11.6. The Morgan fingerprint density at radius 3 is 2.38 bits per heavy atom. The van der Waals surface area contributed by atoms with Gasteiger partial charge in [0.2, 0.25) is 0 Å². The molecule has 1 aliphatic rings. The van der Waals surface area contributed by atoms with Crippen molar-refractivity contribution in [1.82, 2.24) is 4.98 Å². The number of rotatable bonds is 1. The Morgan fingerprint density at radius 2 is 1.81 bits per heavy atom. The smallest absolute Gasteiger partial charge is 0.0818 e. The van der Waals surface area contributed by atoms with E-state index < -0.39 is 5.54 Å². The van der Waals surface area contributed by atoms with Crippen molar-refractivity contribution < 1.29 is 0 Å². The SMILES string of the molecule is NC1C=CC=CC1(N)c1c(Cl)cncc1Cl. The highest BCUT2D eigenvalue weighted by Gasteiger charge is 2.35. The summed E-state index contributed by atoms with van der Waals surface area (Å²) in [7, 11) is 0. The van der Waals surface area contributed by atoms with Gasteiger partial charge in [-0.1, -0.05) is 47.5 Å². The van der Waals surface area contributed by atoms with E-state index in [4.69, 9.17) is 34.7 Å². The molecule has 3 nitrogen and oxygen atoms in total. The number of nitrogens with zero attached hydrogens (tertiary/aromatic N) is 1. The van der Waals surface area contributed by atoms with Crippen LogP contribution in [0, 0.1) is 0 Å². The van der Waals surface area contributed by atoms with Crippen molar-refractivity contribution in [3.63, 3.8) is 0 Å². The highest BCUT2D eigenvalue weighted by Crippen LogP contribution is 2.36.